The van der Waals surface area contributed by atoms with E-state index in [1.165, 1.54) is 0 Å². The summed E-state index contributed by atoms with van der Waals surface area (Å²) in [6.45, 7) is 0.511. The predicted molar refractivity (Wildman–Crippen MR) is 99.5 cm³/mol. The highest BCUT2D eigenvalue weighted by atomic mass is 16.5. The van der Waals surface area contributed by atoms with Crippen molar-refractivity contribution in [1.29, 1.82) is 0 Å². The number of benzene rings is 2. The molecule has 0 saturated heterocycles. The van der Waals surface area contributed by atoms with E-state index in [-0.39, 0.29) is 5.91 Å². The largest absolute Gasteiger partial charge is 0.497 e. The maximum atomic E-state index is 12.4. The Kier molecular flexibility index (Phi) is 4.88. The summed E-state index contributed by atoms with van der Waals surface area (Å²) in [4.78, 5) is 22.2. The van der Waals surface area contributed by atoms with Crippen molar-refractivity contribution in [3.05, 3.63) is 53.9 Å². The van der Waals surface area contributed by atoms with Gasteiger partial charge in [-0.25, -0.2) is 4.98 Å². The molecule has 0 unspecified atom stereocenters. The molecule has 6 heteroatoms. The van der Waals surface area contributed by atoms with Crippen LogP contribution < -0.4 is 15.0 Å². The lowest BCUT2D eigenvalue weighted by atomic mass is 10.1. The van der Waals surface area contributed by atoms with Crippen LogP contribution in [0, 0.1) is 0 Å². The molecular weight excluding hydrogens is 316 g/mol. The normalized spacial score (nSPS) is 10.7. The average Bonchev–Trinajstić information content (AvgIpc) is 3.03. The van der Waals surface area contributed by atoms with E-state index in [0.29, 0.717) is 18.5 Å². The molecule has 2 aromatic carbocycles. The SMILES string of the molecule is COc1ccc2nc(CCNC(=O)c3ccccc3N(C)C)[nH]c2c1. The lowest BCUT2D eigenvalue weighted by molar-refractivity contribution is 0.0954. The van der Waals surface area contributed by atoms with Gasteiger partial charge in [0.1, 0.15) is 11.6 Å². The molecular formula is C19H22N4O2. The first-order chi connectivity index (χ1) is 12.1. The number of fused-ring (bicyclic) bond motifs is 1. The lowest BCUT2D eigenvalue weighted by Gasteiger charge is -2.16. The quantitative estimate of drug-likeness (QED) is 0.725. The van der Waals surface area contributed by atoms with E-state index in [4.69, 9.17) is 4.74 Å². The van der Waals surface area contributed by atoms with Crippen LogP contribution in [0.4, 0.5) is 5.69 Å². The number of anilines is 1. The Morgan fingerprint density at radius 2 is 2.04 bits per heavy atom. The zero-order valence-electron chi connectivity index (χ0n) is 14.7. The number of hydrogen-bond donors (Lipinski definition) is 2. The van der Waals surface area contributed by atoms with Crippen LogP contribution in [-0.2, 0) is 6.42 Å². The minimum absolute atomic E-state index is 0.0814. The summed E-state index contributed by atoms with van der Waals surface area (Å²) in [5.41, 5.74) is 3.39. The van der Waals surface area contributed by atoms with E-state index in [0.717, 1.165) is 28.3 Å². The van der Waals surface area contributed by atoms with Gasteiger partial charge in [-0.05, 0) is 24.3 Å². The van der Waals surface area contributed by atoms with Gasteiger partial charge >= 0.3 is 0 Å². The molecule has 2 N–H and O–H groups in total. The standard InChI is InChI=1S/C19H22N4O2/c1-23(2)17-7-5-4-6-14(17)19(24)20-11-10-18-21-15-9-8-13(25-3)12-16(15)22-18/h4-9,12H,10-11H2,1-3H3,(H,20,24)(H,21,22). The monoisotopic (exact) mass is 338 g/mol. The summed E-state index contributed by atoms with van der Waals surface area (Å²) in [6.07, 6.45) is 0.632. The fourth-order valence-corrected chi connectivity index (χ4v) is 2.73. The number of rotatable bonds is 6. The molecule has 0 saturated carbocycles. The van der Waals surface area contributed by atoms with Crippen molar-refractivity contribution >= 4 is 22.6 Å². The summed E-state index contributed by atoms with van der Waals surface area (Å²) >= 11 is 0. The highest BCUT2D eigenvalue weighted by Crippen LogP contribution is 2.19. The molecule has 3 rings (SSSR count). The Balaban J connectivity index is 1.64. The molecule has 1 aromatic heterocycles. The molecule has 130 valence electrons. The number of H-pyrrole nitrogens is 1. The van der Waals surface area contributed by atoms with Crippen LogP contribution in [0.25, 0.3) is 11.0 Å². The molecule has 0 fully saturated rings. The van der Waals surface area contributed by atoms with Crippen molar-refractivity contribution < 1.29 is 9.53 Å². The van der Waals surface area contributed by atoms with E-state index >= 15 is 0 Å². The molecule has 3 aromatic rings. The van der Waals surface area contributed by atoms with Crippen molar-refractivity contribution in [2.45, 2.75) is 6.42 Å². The molecule has 0 radical (unpaired) electrons. The second kappa shape index (κ2) is 7.25. The first kappa shape index (κ1) is 16.8. The molecule has 0 atom stereocenters. The number of aromatic amines is 1. The number of imidazole rings is 1. The number of nitrogens with one attached hydrogen (secondary N) is 2. The van der Waals surface area contributed by atoms with Crippen molar-refractivity contribution in [2.24, 2.45) is 0 Å². The van der Waals surface area contributed by atoms with Gasteiger partial charge in [-0.1, -0.05) is 12.1 Å². The van der Waals surface area contributed by atoms with Gasteiger partial charge in [0.15, 0.2) is 0 Å². The average molecular weight is 338 g/mol. The Hall–Kier alpha value is -3.02. The molecule has 6 nitrogen and oxygen atoms in total. The number of para-hydroxylation sites is 1. The van der Waals surface area contributed by atoms with Crippen molar-refractivity contribution in [3.8, 4) is 5.75 Å². The molecule has 0 bridgehead atoms. The van der Waals surface area contributed by atoms with Gasteiger partial charge in [0.05, 0.1) is 23.7 Å². The number of aromatic nitrogens is 2. The summed E-state index contributed by atoms with van der Waals surface area (Å²) in [5, 5.41) is 2.96. The smallest absolute Gasteiger partial charge is 0.253 e. The number of hydrogen-bond acceptors (Lipinski definition) is 4. The van der Waals surface area contributed by atoms with Gasteiger partial charge in [0.2, 0.25) is 0 Å². The maximum absolute atomic E-state index is 12.4. The number of carbonyl (C=O) groups is 1. The maximum Gasteiger partial charge on any atom is 0.253 e. The first-order valence-electron chi connectivity index (χ1n) is 8.15. The zero-order chi connectivity index (χ0) is 17.8. The van der Waals surface area contributed by atoms with E-state index in [1.807, 2.05) is 61.5 Å². The van der Waals surface area contributed by atoms with Crippen LogP contribution in [0.1, 0.15) is 16.2 Å². The fourth-order valence-electron chi connectivity index (χ4n) is 2.73. The number of amides is 1. The molecule has 0 aliphatic carbocycles. The van der Waals surface area contributed by atoms with Crippen LogP contribution in [0.2, 0.25) is 0 Å². The Morgan fingerprint density at radius 3 is 2.80 bits per heavy atom. The topological polar surface area (TPSA) is 70.2 Å². The van der Waals surface area contributed by atoms with Crippen molar-refractivity contribution in [3.63, 3.8) is 0 Å². The fraction of sp³-hybridized carbons (Fsp3) is 0.263. The van der Waals surface area contributed by atoms with Crippen LogP contribution in [0.3, 0.4) is 0 Å². The summed E-state index contributed by atoms with van der Waals surface area (Å²) in [6, 6.07) is 13.3. The van der Waals surface area contributed by atoms with Crippen LogP contribution in [0.5, 0.6) is 5.75 Å². The van der Waals surface area contributed by atoms with Gasteiger partial charge in [0.25, 0.3) is 5.91 Å². The second-order valence-corrected chi connectivity index (χ2v) is 5.98. The van der Waals surface area contributed by atoms with Gasteiger partial charge < -0.3 is 19.9 Å². The summed E-state index contributed by atoms with van der Waals surface area (Å²) in [7, 11) is 5.49. The summed E-state index contributed by atoms with van der Waals surface area (Å²) in [5.74, 6) is 1.54. The van der Waals surface area contributed by atoms with Gasteiger partial charge in [0, 0.05) is 38.8 Å². The third kappa shape index (κ3) is 3.74. The van der Waals surface area contributed by atoms with Crippen molar-refractivity contribution in [1.82, 2.24) is 15.3 Å². The van der Waals surface area contributed by atoms with E-state index in [1.54, 1.807) is 7.11 Å². The minimum atomic E-state index is -0.0814. The van der Waals surface area contributed by atoms with Gasteiger partial charge in [-0.2, -0.15) is 0 Å². The second-order valence-electron chi connectivity index (χ2n) is 5.98. The molecule has 1 heterocycles. The van der Waals surface area contributed by atoms with E-state index < -0.39 is 0 Å². The molecule has 0 aliphatic rings. The van der Waals surface area contributed by atoms with E-state index in [2.05, 4.69) is 15.3 Å². The molecule has 1 amide bonds. The van der Waals surface area contributed by atoms with Crippen LogP contribution >= 0.6 is 0 Å². The molecule has 0 spiro atoms. The number of methoxy groups -OCH3 is 1. The first-order valence-corrected chi connectivity index (χ1v) is 8.15. The van der Waals surface area contributed by atoms with Gasteiger partial charge in [-0.3, -0.25) is 4.79 Å². The highest BCUT2D eigenvalue weighted by Gasteiger charge is 2.12. The number of carbonyl (C=O) groups excluding carboxylic acids is 1. The number of nitrogens with zero attached hydrogens (tertiary/aromatic N) is 2. The van der Waals surface area contributed by atoms with E-state index in [9.17, 15) is 4.79 Å². The number of ether oxygens (including phenoxy) is 1. The highest BCUT2D eigenvalue weighted by molar-refractivity contribution is 5.99. The van der Waals surface area contributed by atoms with Gasteiger partial charge in [-0.15, -0.1) is 0 Å². The molecule has 0 aliphatic heterocycles. The van der Waals surface area contributed by atoms with Crippen LogP contribution in [0.15, 0.2) is 42.5 Å². The Bertz CT molecular complexity index is 886. The van der Waals surface area contributed by atoms with Crippen LogP contribution in [-0.4, -0.2) is 43.6 Å². The third-order valence-electron chi connectivity index (χ3n) is 4.02. The minimum Gasteiger partial charge on any atom is -0.497 e. The predicted octanol–water partition coefficient (Wildman–Crippen LogP) is 2.61. The zero-order valence-corrected chi connectivity index (χ0v) is 14.7. The Morgan fingerprint density at radius 1 is 1.24 bits per heavy atom. The van der Waals surface area contributed by atoms with Crippen molar-refractivity contribution in [2.75, 3.05) is 32.6 Å². The summed E-state index contributed by atoms with van der Waals surface area (Å²) < 4.78 is 5.21. The Labute approximate surface area is 146 Å². The lowest BCUT2D eigenvalue weighted by Crippen LogP contribution is -2.27. The molecule has 25 heavy (non-hydrogen) atoms. The third-order valence-corrected chi connectivity index (χ3v) is 4.02.